The average molecular weight is 414 g/mol. The Bertz CT molecular complexity index is 931. The van der Waals surface area contributed by atoms with E-state index in [1.807, 2.05) is 29.0 Å². The van der Waals surface area contributed by atoms with Crippen LogP contribution in [0.3, 0.4) is 0 Å². The first-order valence-corrected chi connectivity index (χ1v) is 10.5. The molecule has 0 aliphatic carbocycles. The van der Waals surface area contributed by atoms with Crippen molar-refractivity contribution in [1.29, 1.82) is 0 Å². The minimum Gasteiger partial charge on any atom is -0.421 e. The van der Waals surface area contributed by atoms with Crippen LogP contribution in [0, 0.1) is 0 Å². The van der Waals surface area contributed by atoms with E-state index < -0.39 is 0 Å². The number of morpholine rings is 1. The molecule has 0 radical (unpaired) electrons. The van der Waals surface area contributed by atoms with Crippen molar-refractivity contribution < 1.29 is 13.9 Å². The fraction of sp³-hybridized carbons (Fsp3) is 0.400. The minimum absolute atomic E-state index is 0.122. The van der Waals surface area contributed by atoms with Crippen LogP contribution >= 0.6 is 11.3 Å². The van der Waals surface area contributed by atoms with E-state index in [4.69, 9.17) is 9.15 Å². The smallest absolute Gasteiger partial charge is 0.248 e. The van der Waals surface area contributed by atoms with Crippen LogP contribution in [0.25, 0.3) is 11.5 Å². The van der Waals surface area contributed by atoms with Crippen molar-refractivity contribution in [3.63, 3.8) is 0 Å². The zero-order valence-corrected chi connectivity index (χ0v) is 17.2. The van der Waals surface area contributed by atoms with Gasteiger partial charge in [0, 0.05) is 36.9 Å². The summed E-state index contributed by atoms with van der Waals surface area (Å²) in [5.41, 5.74) is 1.56. The van der Waals surface area contributed by atoms with E-state index in [0.717, 1.165) is 24.5 Å². The van der Waals surface area contributed by atoms with E-state index >= 15 is 0 Å². The summed E-state index contributed by atoms with van der Waals surface area (Å²) in [7, 11) is 0. The number of ether oxygens (including phenoxy) is 1. The highest BCUT2D eigenvalue weighted by Gasteiger charge is 2.23. The Morgan fingerprint density at radius 1 is 1.24 bits per heavy atom. The molecule has 1 aliphatic heterocycles. The summed E-state index contributed by atoms with van der Waals surface area (Å²) in [6.45, 7) is 5.73. The molecule has 3 aromatic rings. The first-order chi connectivity index (χ1) is 14.1. The van der Waals surface area contributed by atoms with Gasteiger partial charge in [-0.25, -0.2) is 4.98 Å². The van der Waals surface area contributed by atoms with E-state index in [9.17, 15) is 4.79 Å². The van der Waals surface area contributed by atoms with Crippen LogP contribution < -0.4 is 10.2 Å². The Morgan fingerprint density at radius 2 is 2.07 bits per heavy atom. The number of thiophene rings is 1. The number of aromatic nitrogens is 3. The van der Waals surface area contributed by atoms with Gasteiger partial charge in [0.1, 0.15) is 5.82 Å². The van der Waals surface area contributed by atoms with Crippen LogP contribution in [0.1, 0.15) is 26.2 Å². The molecule has 8 nitrogen and oxygen atoms in total. The number of anilines is 2. The van der Waals surface area contributed by atoms with Crippen LogP contribution in [0.15, 0.2) is 39.6 Å². The molecule has 1 saturated heterocycles. The molecule has 1 N–H and O–H groups in total. The molecule has 4 rings (SSSR count). The second kappa shape index (κ2) is 8.71. The monoisotopic (exact) mass is 413 g/mol. The predicted molar refractivity (Wildman–Crippen MR) is 111 cm³/mol. The van der Waals surface area contributed by atoms with Gasteiger partial charge in [-0.15, -0.1) is 10.2 Å². The fourth-order valence-electron chi connectivity index (χ4n) is 3.31. The molecule has 1 amide bonds. The number of nitrogens with one attached hydrogen (secondary N) is 1. The molecule has 0 unspecified atom stereocenters. The summed E-state index contributed by atoms with van der Waals surface area (Å²) in [5, 5.41) is 14.8. The predicted octanol–water partition coefficient (Wildman–Crippen LogP) is 3.38. The van der Waals surface area contributed by atoms with Gasteiger partial charge in [-0.2, -0.15) is 11.3 Å². The van der Waals surface area contributed by atoms with Crippen molar-refractivity contribution in [3.05, 3.63) is 41.0 Å². The quantitative estimate of drug-likeness (QED) is 0.662. The van der Waals surface area contributed by atoms with E-state index in [1.54, 1.807) is 17.5 Å². The van der Waals surface area contributed by atoms with Crippen LogP contribution in [0.5, 0.6) is 0 Å². The van der Waals surface area contributed by atoms with Gasteiger partial charge in [0.25, 0.3) is 0 Å². The third-order valence-corrected chi connectivity index (χ3v) is 5.26. The van der Waals surface area contributed by atoms with Crippen molar-refractivity contribution >= 4 is 28.7 Å². The standard InChI is InChI=1S/C20H23N5O3S/c1-13-10-25(11-14(2)27-13)17-4-3-16(9-21-17)22-18(26)5-6-19-23-24-20(28-19)15-7-8-29-12-15/h3-4,7-9,12-14H,5-6,10-11H2,1-2H3,(H,22,26)/t13-,14-/m1/s1. The Hall–Kier alpha value is -2.78. The van der Waals surface area contributed by atoms with Crippen molar-refractivity contribution in [3.8, 4) is 11.5 Å². The summed E-state index contributed by atoms with van der Waals surface area (Å²) in [6.07, 6.45) is 2.66. The van der Waals surface area contributed by atoms with E-state index in [2.05, 4.69) is 39.2 Å². The Morgan fingerprint density at radius 3 is 2.76 bits per heavy atom. The molecule has 0 aromatic carbocycles. The van der Waals surface area contributed by atoms with Gasteiger partial charge in [-0.05, 0) is 37.4 Å². The van der Waals surface area contributed by atoms with Gasteiger partial charge in [0.15, 0.2) is 0 Å². The third-order valence-electron chi connectivity index (χ3n) is 4.58. The molecule has 2 atom stereocenters. The number of amides is 1. The molecule has 152 valence electrons. The van der Waals surface area contributed by atoms with Crippen molar-refractivity contribution in [1.82, 2.24) is 15.2 Å². The largest absolute Gasteiger partial charge is 0.421 e. The maximum Gasteiger partial charge on any atom is 0.248 e. The topological polar surface area (TPSA) is 93.4 Å². The maximum atomic E-state index is 12.2. The zero-order chi connectivity index (χ0) is 20.2. The summed E-state index contributed by atoms with van der Waals surface area (Å²) in [4.78, 5) is 18.9. The van der Waals surface area contributed by atoms with E-state index in [1.165, 1.54) is 0 Å². The minimum atomic E-state index is -0.122. The first kappa shape index (κ1) is 19.5. The Kier molecular flexibility index (Phi) is 5.86. The number of nitrogens with zero attached hydrogens (tertiary/aromatic N) is 4. The molecular formula is C20H23N5O3S. The molecule has 3 aromatic heterocycles. The Balaban J connectivity index is 1.28. The number of hydrogen-bond acceptors (Lipinski definition) is 8. The second-order valence-electron chi connectivity index (χ2n) is 7.13. The van der Waals surface area contributed by atoms with Crippen molar-refractivity contribution in [2.24, 2.45) is 0 Å². The average Bonchev–Trinajstić information content (AvgIpc) is 3.38. The number of rotatable bonds is 6. The highest BCUT2D eigenvalue weighted by Crippen LogP contribution is 2.22. The molecule has 0 spiro atoms. The van der Waals surface area contributed by atoms with Crippen molar-refractivity contribution in [2.45, 2.75) is 38.9 Å². The fourth-order valence-corrected chi connectivity index (χ4v) is 3.94. The van der Waals surface area contributed by atoms with E-state index in [0.29, 0.717) is 23.9 Å². The summed E-state index contributed by atoms with van der Waals surface area (Å²) in [5.74, 6) is 1.69. The van der Waals surface area contributed by atoms with Crippen LogP contribution in [-0.2, 0) is 16.0 Å². The molecule has 1 fully saturated rings. The van der Waals surface area contributed by atoms with E-state index in [-0.39, 0.29) is 24.5 Å². The van der Waals surface area contributed by atoms with Gasteiger partial charge < -0.3 is 19.4 Å². The molecule has 0 bridgehead atoms. The lowest BCUT2D eigenvalue weighted by Gasteiger charge is -2.36. The second-order valence-corrected chi connectivity index (χ2v) is 7.91. The third kappa shape index (κ3) is 4.99. The number of hydrogen-bond donors (Lipinski definition) is 1. The first-order valence-electron chi connectivity index (χ1n) is 9.58. The molecule has 1 aliphatic rings. The number of carbonyl (C=O) groups excluding carboxylic acids is 1. The molecule has 9 heteroatoms. The zero-order valence-electron chi connectivity index (χ0n) is 16.4. The SMILES string of the molecule is C[C@@H]1CN(c2ccc(NC(=O)CCc3nnc(-c4ccsc4)o3)cn2)C[C@@H](C)O1. The number of pyridine rings is 1. The number of aryl methyl sites for hydroxylation is 1. The highest BCUT2D eigenvalue weighted by molar-refractivity contribution is 7.08. The van der Waals surface area contributed by atoms with Crippen molar-refractivity contribution in [2.75, 3.05) is 23.3 Å². The van der Waals surface area contributed by atoms with Crippen LogP contribution in [0.4, 0.5) is 11.5 Å². The van der Waals surface area contributed by atoms with Gasteiger partial charge in [-0.1, -0.05) is 0 Å². The normalized spacial score (nSPS) is 19.3. The van der Waals surface area contributed by atoms with Crippen LogP contribution in [0.2, 0.25) is 0 Å². The summed E-state index contributed by atoms with van der Waals surface area (Å²) in [6, 6.07) is 5.71. The van der Waals surface area contributed by atoms with Crippen LogP contribution in [-0.4, -0.2) is 46.4 Å². The molecule has 0 saturated carbocycles. The molecule has 4 heterocycles. The van der Waals surface area contributed by atoms with Gasteiger partial charge in [0.2, 0.25) is 17.7 Å². The van der Waals surface area contributed by atoms with Gasteiger partial charge in [0.05, 0.1) is 24.1 Å². The molecule has 29 heavy (non-hydrogen) atoms. The Labute approximate surface area is 172 Å². The lowest BCUT2D eigenvalue weighted by molar-refractivity contribution is -0.116. The lowest BCUT2D eigenvalue weighted by Crippen LogP contribution is -2.45. The molecular weight excluding hydrogens is 390 g/mol. The van der Waals surface area contributed by atoms with Gasteiger partial charge >= 0.3 is 0 Å². The maximum absolute atomic E-state index is 12.2. The summed E-state index contributed by atoms with van der Waals surface area (Å²) < 4.78 is 11.4. The highest BCUT2D eigenvalue weighted by atomic mass is 32.1. The summed E-state index contributed by atoms with van der Waals surface area (Å²) >= 11 is 1.57. The van der Waals surface area contributed by atoms with Gasteiger partial charge in [-0.3, -0.25) is 4.79 Å². The lowest BCUT2D eigenvalue weighted by atomic mass is 10.2. The number of carbonyl (C=O) groups is 1.